The molecule has 4 nitrogen and oxygen atoms in total. The molecule has 0 unspecified atom stereocenters. The van der Waals surface area contributed by atoms with Crippen LogP contribution in [0.1, 0.15) is 0 Å². The molecule has 0 spiro atoms. The summed E-state index contributed by atoms with van der Waals surface area (Å²) in [5, 5.41) is 14.0. The van der Waals surface area contributed by atoms with Crippen LogP contribution in [0.4, 0.5) is 0 Å². The zero-order valence-corrected chi connectivity index (χ0v) is 7.34. The quantitative estimate of drug-likeness (QED) is 0.384. The molecule has 0 fully saturated rings. The second-order valence-electron chi connectivity index (χ2n) is 2.22. The Kier molecular flexibility index (Phi) is 3.06. The Balaban J connectivity index is 0.000000845. The van der Waals surface area contributed by atoms with Gasteiger partial charge in [0.1, 0.15) is 6.20 Å². The Hall–Kier alpha value is -1.32. The third kappa shape index (κ3) is 2.08. The van der Waals surface area contributed by atoms with Crippen molar-refractivity contribution in [2.24, 2.45) is 0 Å². The van der Waals surface area contributed by atoms with E-state index in [1.165, 1.54) is 4.68 Å². The van der Waals surface area contributed by atoms with E-state index in [1.807, 2.05) is 18.2 Å². The standard InChI is InChI=1S/C8H6N2O2.Cu/c11-8-6-10(9-12-8)7-4-2-1-3-5-7;/h1-5,11H;/q;+1/p-1. The number of benzene rings is 1. The summed E-state index contributed by atoms with van der Waals surface area (Å²) in [4.78, 5) is 0. The molecule has 0 atom stereocenters. The molecule has 0 bridgehead atoms. The smallest absolute Gasteiger partial charge is 0.560 e. The van der Waals surface area contributed by atoms with E-state index in [1.54, 1.807) is 12.1 Å². The minimum absolute atomic E-state index is 0. The molecule has 0 aliphatic carbocycles. The van der Waals surface area contributed by atoms with Gasteiger partial charge < -0.3 is 9.63 Å². The maximum Gasteiger partial charge on any atom is 1.00 e. The molecule has 70 valence electrons. The van der Waals surface area contributed by atoms with Gasteiger partial charge in [-0.2, -0.15) is 4.68 Å². The van der Waals surface area contributed by atoms with Crippen LogP contribution in [0.25, 0.3) is 5.69 Å². The third-order valence-electron chi connectivity index (χ3n) is 1.40. The number of aromatic nitrogens is 2. The molecule has 0 amide bonds. The zero-order chi connectivity index (χ0) is 8.39. The van der Waals surface area contributed by atoms with Gasteiger partial charge in [0.15, 0.2) is 0 Å². The van der Waals surface area contributed by atoms with Crippen molar-refractivity contribution in [1.82, 2.24) is 5.27 Å². The van der Waals surface area contributed by atoms with Gasteiger partial charge in [-0.15, -0.1) is 0 Å². The topological polar surface area (TPSA) is 53.0 Å². The summed E-state index contributed by atoms with van der Waals surface area (Å²) in [6, 6.07) is 9.17. The minimum atomic E-state index is -0.571. The van der Waals surface area contributed by atoms with Crippen LogP contribution in [0.3, 0.4) is 0 Å². The van der Waals surface area contributed by atoms with Crippen molar-refractivity contribution in [3.05, 3.63) is 36.5 Å². The van der Waals surface area contributed by atoms with Crippen molar-refractivity contribution in [2.75, 3.05) is 0 Å². The molecule has 0 aliphatic rings. The summed E-state index contributed by atoms with van der Waals surface area (Å²) in [5.74, 6) is -0.571. The van der Waals surface area contributed by atoms with Gasteiger partial charge in [0.2, 0.25) is 0 Å². The summed E-state index contributed by atoms with van der Waals surface area (Å²) >= 11 is 0. The van der Waals surface area contributed by atoms with Crippen molar-refractivity contribution in [3.8, 4) is 11.6 Å². The fourth-order valence-corrected chi connectivity index (χ4v) is 0.886. The molecule has 2 aromatic rings. The number of hydrogen-bond donors (Lipinski definition) is 0. The normalized spacial score (nSPS) is 9.23. The van der Waals surface area contributed by atoms with Crippen LogP contribution in [0.2, 0.25) is 0 Å². The first-order valence-electron chi connectivity index (χ1n) is 3.40. The summed E-state index contributed by atoms with van der Waals surface area (Å²) in [6.45, 7) is 0. The van der Waals surface area contributed by atoms with Gasteiger partial charge >= 0.3 is 17.1 Å². The summed E-state index contributed by atoms with van der Waals surface area (Å²) in [7, 11) is 0. The Morgan fingerprint density at radius 3 is 2.54 bits per heavy atom. The molecule has 13 heavy (non-hydrogen) atoms. The van der Waals surface area contributed by atoms with E-state index in [4.69, 9.17) is 0 Å². The van der Waals surface area contributed by atoms with E-state index in [9.17, 15) is 5.11 Å². The molecule has 1 aromatic carbocycles. The minimum Gasteiger partial charge on any atom is -0.560 e. The van der Waals surface area contributed by atoms with Crippen LogP contribution in [-0.2, 0) is 17.1 Å². The average Bonchev–Trinajstić information content (AvgIpc) is 2.54. The Morgan fingerprint density at radius 2 is 2.00 bits per heavy atom. The van der Waals surface area contributed by atoms with Gasteiger partial charge in [0, 0.05) is 5.27 Å². The second kappa shape index (κ2) is 4.07. The van der Waals surface area contributed by atoms with Crippen molar-refractivity contribution in [3.63, 3.8) is 0 Å². The van der Waals surface area contributed by atoms with Gasteiger partial charge in [0.25, 0.3) is 0 Å². The van der Waals surface area contributed by atoms with Crippen molar-refractivity contribution < 1.29 is 31.4 Å². The van der Waals surface area contributed by atoms with Crippen LogP contribution in [0.15, 0.2) is 34.9 Å². The number of para-hydroxylation sites is 1. The maximum atomic E-state index is 10.6. The maximum absolute atomic E-state index is 10.6. The monoisotopic (exact) mass is 224 g/mol. The molecule has 0 aliphatic heterocycles. The first kappa shape index (κ1) is 9.77. The van der Waals surface area contributed by atoms with E-state index in [2.05, 4.69) is 16.0 Å². The van der Waals surface area contributed by atoms with E-state index < -0.39 is 5.95 Å². The molecule has 1 heterocycles. The largest absolute Gasteiger partial charge is 1.00 e. The fourth-order valence-electron chi connectivity index (χ4n) is 0.886. The van der Waals surface area contributed by atoms with E-state index in [-0.39, 0.29) is 17.1 Å². The molecule has 5 heteroatoms. The van der Waals surface area contributed by atoms with Gasteiger partial charge in [-0.1, -0.05) is 30.3 Å². The van der Waals surface area contributed by atoms with Crippen LogP contribution in [0, 0.1) is 6.20 Å². The van der Waals surface area contributed by atoms with Crippen molar-refractivity contribution in [2.45, 2.75) is 0 Å². The van der Waals surface area contributed by atoms with Crippen LogP contribution < -0.4 is 9.79 Å². The molecule has 1 aromatic heterocycles. The third-order valence-corrected chi connectivity index (χ3v) is 1.40. The second-order valence-corrected chi connectivity index (χ2v) is 2.22. The molecule has 2 rings (SSSR count). The average molecular weight is 225 g/mol. The summed E-state index contributed by atoms with van der Waals surface area (Å²) in [6.07, 6.45) is 2.38. The fraction of sp³-hybridized carbons (Fsp3) is 0. The first-order valence-corrected chi connectivity index (χ1v) is 3.40. The zero-order valence-electron chi connectivity index (χ0n) is 6.40. The van der Waals surface area contributed by atoms with Gasteiger partial charge in [-0.05, 0) is 0 Å². The number of hydrogen-bond acceptors (Lipinski definition) is 3. The van der Waals surface area contributed by atoms with Crippen LogP contribution in [0.5, 0.6) is 5.95 Å². The Bertz CT molecular complexity index is 375. The van der Waals surface area contributed by atoms with E-state index in [0.29, 0.717) is 0 Å². The predicted molar refractivity (Wildman–Crippen MR) is 36.3 cm³/mol. The SMILES string of the molecule is [Cu+].[O-]c1[c-][n+](-c2ccccc2)no1. The Labute approximate surface area is 85.2 Å². The molecule has 0 radical (unpaired) electrons. The van der Waals surface area contributed by atoms with Crippen molar-refractivity contribution in [1.29, 1.82) is 0 Å². The predicted octanol–water partition coefficient (Wildman–Crippen LogP) is -0.177. The first-order chi connectivity index (χ1) is 5.86. The summed E-state index contributed by atoms with van der Waals surface area (Å²) in [5.41, 5.74) is 0.753. The van der Waals surface area contributed by atoms with Crippen molar-refractivity contribution >= 4 is 0 Å². The molecule has 0 saturated carbocycles. The summed E-state index contributed by atoms with van der Waals surface area (Å²) < 4.78 is 5.59. The Morgan fingerprint density at radius 1 is 1.31 bits per heavy atom. The van der Waals surface area contributed by atoms with Crippen LogP contribution >= 0.6 is 0 Å². The van der Waals surface area contributed by atoms with Gasteiger partial charge in [-0.3, -0.25) is 0 Å². The van der Waals surface area contributed by atoms with Crippen LogP contribution in [-0.4, -0.2) is 5.27 Å². The number of nitrogens with zero attached hydrogens (tertiary/aromatic N) is 2. The van der Waals surface area contributed by atoms with Gasteiger partial charge in [0.05, 0.1) is 11.6 Å². The molecular weight excluding hydrogens is 220 g/mol. The van der Waals surface area contributed by atoms with E-state index >= 15 is 0 Å². The number of rotatable bonds is 1. The molecular formula is C8H5CuN2O2. The van der Waals surface area contributed by atoms with E-state index in [0.717, 1.165) is 5.69 Å². The molecule has 0 saturated heterocycles. The van der Waals surface area contributed by atoms with Gasteiger partial charge in [-0.25, -0.2) is 0 Å². The molecule has 0 N–H and O–H groups in total.